The quantitative estimate of drug-likeness (QED) is 0.845. The maximum Gasteiger partial charge on any atom is 0.138 e. The summed E-state index contributed by atoms with van der Waals surface area (Å²) >= 11 is 1.80. The zero-order chi connectivity index (χ0) is 15.2. The maximum absolute atomic E-state index is 4.90. The molecule has 3 rings (SSSR count). The SMILES string of the molecule is CNc1nc(C2CCC(C)(C)CC2)nc2sc(C)c(C)c12. The molecule has 0 aromatic carbocycles. The summed E-state index contributed by atoms with van der Waals surface area (Å²) in [7, 11) is 1.96. The number of aryl methyl sites for hydroxylation is 2. The number of thiophene rings is 1. The summed E-state index contributed by atoms with van der Waals surface area (Å²) < 4.78 is 0. The second-order valence-electron chi connectivity index (χ2n) is 7.08. The molecule has 1 aliphatic carbocycles. The van der Waals surface area contributed by atoms with Crippen LogP contribution in [0.15, 0.2) is 0 Å². The van der Waals surface area contributed by atoms with Crippen molar-refractivity contribution >= 4 is 27.4 Å². The molecule has 0 spiro atoms. The van der Waals surface area contributed by atoms with Gasteiger partial charge in [0.25, 0.3) is 0 Å². The van der Waals surface area contributed by atoms with E-state index in [2.05, 4.69) is 33.0 Å². The molecule has 4 heteroatoms. The van der Waals surface area contributed by atoms with Gasteiger partial charge in [0.2, 0.25) is 0 Å². The lowest BCUT2D eigenvalue weighted by atomic mass is 9.73. The van der Waals surface area contributed by atoms with Crippen molar-refractivity contribution in [2.24, 2.45) is 5.41 Å². The standard InChI is InChI=1S/C17H25N3S/c1-10-11(2)21-16-13(10)15(18-5)19-14(20-16)12-6-8-17(3,4)9-7-12/h12H,6-9H2,1-5H3,(H,18,19,20). The average Bonchev–Trinajstić information content (AvgIpc) is 2.73. The molecule has 0 bridgehead atoms. The lowest BCUT2D eigenvalue weighted by Gasteiger charge is -2.33. The van der Waals surface area contributed by atoms with E-state index in [1.54, 1.807) is 11.3 Å². The lowest BCUT2D eigenvalue weighted by molar-refractivity contribution is 0.221. The van der Waals surface area contributed by atoms with Gasteiger partial charge in [-0.05, 0) is 50.5 Å². The Kier molecular flexibility index (Phi) is 3.68. The Balaban J connectivity index is 2.01. The van der Waals surface area contributed by atoms with E-state index in [9.17, 15) is 0 Å². The first-order valence-corrected chi connectivity index (χ1v) is 8.68. The Morgan fingerprint density at radius 1 is 1.14 bits per heavy atom. The van der Waals surface area contributed by atoms with Crippen molar-refractivity contribution in [2.45, 2.75) is 59.3 Å². The largest absolute Gasteiger partial charge is 0.372 e. The first-order chi connectivity index (χ1) is 9.91. The molecular weight excluding hydrogens is 278 g/mol. The molecule has 3 nitrogen and oxygen atoms in total. The summed E-state index contributed by atoms with van der Waals surface area (Å²) in [6.07, 6.45) is 4.98. The highest BCUT2D eigenvalue weighted by atomic mass is 32.1. The number of rotatable bonds is 2. The third-order valence-electron chi connectivity index (χ3n) is 4.99. The van der Waals surface area contributed by atoms with Gasteiger partial charge in [0.05, 0.1) is 5.39 Å². The molecule has 0 unspecified atom stereocenters. The molecule has 1 N–H and O–H groups in total. The van der Waals surface area contributed by atoms with Crippen molar-refractivity contribution in [3.63, 3.8) is 0 Å². The van der Waals surface area contributed by atoms with Crippen LogP contribution in [0.2, 0.25) is 0 Å². The van der Waals surface area contributed by atoms with Crippen LogP contribution in [0.3, 0.4) is 0 Å². The predicted octanol–water partition coefficient (Wildman–Crippen LogP) is 5.03. The third kappa shape index (κ3) is 2.66. The van der Waals surface area contributed by atoms with Gasteiger partial charge in [0, 0.05) is 17.8 Å². The normalized spacial score (nSPS) is 19.1. The van der Waals surface area contributed by atoms with E-state index < -0.39 is 0 Å². The Labute approximate surface area is 131 Å². The van der Waals surface area contributed by atoms with Crippen LogP contribution in [0, 0.1) is 19.3 Å². The van der Waals surface area contributed by atoms with Crippen LogP contribution in [0.4, 0.5) is 5.82 Å². The van der Waals surface area contributed by atoms with E-state index in [-0.39, 0.29) is 0 Å². The smallest absolute Gasteiger partial charge is 0.138 e. The van der Waals surface area contributed by atoms with Crippen LogP contribution in [0.5, 0.6) is 0 Å². The zero-order valence-corrected chi connectivity index (χ0v) is 14.5. The van der Waals surface area contributed by atoms with Crippen molar-refractivity contribution in [1.29, 1.82) is 0 Å². The molecule has 0 amide bonds. The minimum atomic E-state index is 0.489. The Morgan fingerprint density at radius 3 is 2.43 bits per heavy atom. The molecule has 0 atom stereocenters. The molecule has 1 saturated carbocycles. The number of hydrogen-bond acceptors (Lipinski definition) is 4. The van der Waals surface area contributed by atoms with Gasteiger partial charge in [-0.2, -0.15) is 0 Å². The number of hydrogen-bond donors (Lipinski definition) is 1. The number of nitrogens with zero attached hydrogens (tertiary/aromatic N) is 2. The number of aromatic nitrogens is 2. The Hall–Kier alpha value is -1.16. The van der Waals surface area contributed by atoms with E-state index >= 15 is 0 Å². The van der Waals surface area contributed by atoms with E-state index in [0.717, 1.165) is 16.5 Å². The molecular formula is C17H25N3S. The third-order valence-corrected chi connectivity index (χ3v) is 6.09. The molecule has 0 radical (unpaired) electrons. The van der Waals surface area contributed by atoms with Crippen LogP contribution in [0.25, 0.3) is 10.2 Å². The van der Waals surface area contributed by atoms with Crippen LogP contribution >= 0.6 is 11.3 Å². The van der Waals surface area contributed by atoms with Gasteiger partial charge >= 0.3 is 0 Å². The number of fused-ring (bicyclic) bond motifs is 1. The summed E-state index contributed by atoms with van der Waals surface area (Å²) in [5.41, 5.74) is 1.80. The van der Waals surface area contributed by atoms with Gasteiger partial charge in [-0.3, -0.25) is 0 Å². The Bertz CT molecular complexity index is 662. The first kappa shape index (κ1) is 14.8. The summed E-state index contributed by atoms with van der Waals surface area (Å²) in [5, 5.41) is 4.48. The number of anilines is 1. The van der Waals surface area contributed by atoms with E-state index in [1.165, 1.54) is 41.5 Å². The average molecular weight is 303 g/mol. The number of nitrogens with one attached hydrogen (secondary N) is 1. The van der Waals surface area contributed by atoms with Gasteiger partial charge in [-0.25, -0.2) is 9.97 Å². The molecule has 0 aliphatic heterocycles. The fourth-order valence-corrected chi connectivity index (χ4v) is 4.32. The van der Waals surface area contributed by atoms with E-state index in [1.807, 2.05) is 7.05 Å². The van der Waals surface area contributed by atoms with Crippen molar-refractivity contribution in [3.8, 4) is 0 Å². The first-order valence-electron chi connectivity index (χ1n) is 7.86. The summed E-state index contributed by atoms with van der Waals surface area (Å²) in [5.74, 6) is 2.57. The van der Waals surface area contributed by atoms with Crippen molar-refractivity contribution < 1.29 is 0 Å². The van der Waals surface area contributed by atoms with Gasteiger partial charge < -0.3 is 5.32 Å². The molecule has 0 saturated heterocycles. The van der Waals surface area contributed by atoms with E-state index in [0.29, 0.717) is 11.3 Å². The molecule has 114 valence electrons. The van der Waals surface area contributed by atoms with Gasteiger partial charge in [-0.15, -0.1) is 11.3 Å². The predicted molar refractivity (Wildman–Crippen MR) is 91.4 cm³/mol. The van der Waals surface area contributed by atoms with Crippen molar-refractivity contribution in [2.75, 3.05) is 12.4 Å². The monoisotopic (exact) mass is 303 g/mol. The zero-order valence-electron chi connectivity index (χ0n) is 13.7. The van der Waals surface area contributed by atoms with Gasteiger partial charge in [-0.1, -0.05) is 13.8 Å². The molecule has 2 heterocycles. The van der Waals surface area contributed by atoms with E-state index in [4.69, 9.17) is 9.97 Å². The van der Waals surface area contributed by atoms with Crippen LogP contribution in [-0.2, 0) is 0 Å². The molecule has 1 aliphatic rings. The molecule has 2 aromatic heterocycles. The molecule has 2 aromatic rings. The highest BCUT2D eigenvalue weighted by molar-refractivity contribution is 7.18. The summed E-state index contributed by atoms with van der Waals surface area (Å²) in [6, 6.07) is 0. The van der Waals surface area contributed by atoms with Crippen LogP contribution in [-0.4, -0.2) is 17.0 Å². The van der Waals surface area contributed by atoms with Gasteiger partial charge in [0.1, 0.15) is 16.5 Å². The summed E-state index contributed by atoms with van der Waals surface area (Å²) in [4.78, 5) is 12.2. The second kappa shape index (κ2) is 5.24. The highest BCUT2D eigenvalue weighted by Crippen LogP contribution is 2.43. The van der Waals surface area contributed by atoms with Crippen LogP contribution in [0.1, 0.15) is 61.7 Å². The van der Waals surface area contributed by atoms with Crippen molar-refractivity contribution in [1.82, 2.24) is 9.97 Å². The highest BCUT2D eigenvalue weighted by Gasteiger charge is 2.29. The maximum atomic E-state index is 4.90. The fourth-order valence-electron chi connectivity index (χ4n) is 3.29. The second-order valence-corrected chi connectivity index (χ2v) is 8.29. The Morgan fingerprint density at radius 2 is 1.81 bits per heavy atom. The van der Waals surface area contributed by atoms with Crippen LogP contribution < -0.4 is 5.32 Å². The minimum Gasteiger partial charge on any atom is -0.372 e. The minimum absolute atomic E-state index is 0.489. The lowest BCUT2D eigenvalue weighted by Crippen LogP contribution is -2.21. The molecule has 1 fully saturated rings. The molecule has 21 heavy (non-hydrogen) atoms. The fraction of sp³-hybridized carbons (Fsp3) is 0.647. The summed E-state index contributed by atoms with van der Waals surface area (Å²) in [6.45, 7) is 9.08. The topological polar surface area (TPSA) is 37.8 Å². The van der Waals surface area contributed by atoms with Gasteiger partial charge in [0.15, 0.2) is 0 Å². The van der Waals surface area contributed by atoms with Crippen molar-refractivity contribution in [3.05, 3.63) is 16.3 Å².